The maximum Gasteiger partial charge on any atom is 0.338 e. The second-order valence-electron chi connectivity index (χ2n) is 5.53. The van der Waals surface area contributed by atoms with Gasteiger partial charge < -0.3 is 15.4 Å². The minimum atomic E-state index is -0.626. The van der Waals surface area contributed by atoms with Crippen LogP contribution in [0.15, 0.2) is 47.4 Å². The number of hydrogen-bond donors (Lipinski definition) is 2. The summed E-state index contributed by atoms with van der Waals surface area (Å²) in [6.45, 7) is -0.0692. The van der Waals surface area contributed by atoms with Gasteiger partial charge in [0, 0.05) is 16.5 Å². The molecule has 0 saturated heterocycles. The number of anilines is 1. The number of carbonyl (C=O) groups excluding carboxylic acids is 3. The molecule has 2 aromatic carbocycles. The van der Waals surface area contributed by atoms with Crippen molar-refractivity contribution in [1.82, 2.24) is 5.32 Å². The molecule has 134 valence electrons. The van der Waals surface area contributed by atoms with E-state index in [-0.39, 0.29) is 18.1 Å². The molecule has 0 unspecified atom stereocenters. The van der Waals surface area contributed by atoms with Crippen molar-refractivity contribution in [2.24, 2.45) is 0 Å². The Labute approximate surface area is 159 Å². The van der Waals surface area contributed by atoms with Gasteiger partial charge in [0.2, 0.25) is 5.91 Å². The molecule has 0 saturated carbocycles. The quantitative estimate of drug-likeness (QED) is 0.767. The van der Waals surface area contributed by atoms with Crippen molar-refractivity contribution in [2.45, 2.75) is 11.4 Å². The average molecular weight is 391 g/mol. The summed E-state index contributed by atoms with van der Waals surface area (Å²) in [4.78, 5) is 36.2. The van der Waals surface area contributed by atoms with Gasteiger partial charge in [0.15, 0.2) is 6.61 Å². The van der Waals surface area contributed by atoms with Crippen LogP contribution in [0.5, 0.6) is 0 Å². The number of fused-ring (bicyclic) bond motifs is 1. The summed E-state index contributed by atoms with van der Waals surface area (Å²) < 4.78 is 5.02. The lowest BCUT2D eigenvalue weighted by atomic mass is 10.2. The van der Waals surface area contributed by atoms with E-state index < -0.39 is 11.9 Å². The van der Waals surface area contributed by atoms with Crippen molar-refractivity contribution in [2.75, 3.05) is 17.7 Å². The van der Waals surface area contributed by atoms with E-state index in [1.165, 1.54) is 11.8 Å². The molecule has 1 aliphatic rings. The van der Waals surface area contributed by atoms with Crippen LogP contribution in [0.25, 0.3) is 0 Å². The third-order valence-corrected chi connectivity index (χ3v) is 4.91. The highest BCUT2D eigenvalue weighted by Crippen LogP contribution is 2.32. The van der Waals surface area contributed by atoms with Crippen LogP contribution in [0.2, 0.25) is 5.02 Å². The lowest BCUT2D eigenvalue weighted by Gasteiger charge is -2.16. The SMILES string of the molecule is O=C(COC(=O)c1ccc2c(c1)NC(=O)CS2)NCc1ccc(Cl)cc1. The molecule has 8 heteroatoms. The summed E-state index contributed by atoms with van der Waals surface area (Å²) in [5, 5.41) is 5.99. The third-order valence-electron chi connectivity index (χ3n) is 3.59. The minimum absolute atomic E-state index is 0.116. The van der Waals surface area contributed by atoms with Crippen molar-refractivity contribution in [3.8, 4) is 0 Å². The van der Waals surface area contributed by atoms with Crippen molar-refractivity contribution in [3.05, 3.63) is 58.6 Å². The largest absolute Gasteiger partial charge is 0.452 e. The van der Waals surface area contributed by atoms with Gasteiger partial charge in [0.25, 0.3) is 5.91 Å². The van der Waals surface area contributed by atoms with Crippen molar-refractivity contribution < 1.29 is 19.1 Å². The highest BCUT2D eigenvalue weighted by atomic mass is 35.5. The van der Waals surface area contributed by atoms with Crippen LogP contribution in [0.4, 0.5) is 5.69 Å². The fraction of sp³-hybridized carbons (Fsp3) is 0.167. The molecular weight excluding hydrogens is 376 g/mol. The summed E-state index contributed by atoms with van der Waals surface area (Å²) in [6, 6.07) is 12.0. The van der Waals surface area contributed by atoms with E-state index in [9.17, 15) is 14.4 Å². The zero-order valence-corrected chi connectivity index (χ0v) is 15.2. The first-order chi connectivity index (χ1) is 12.5. The van der Waals surface area contributed by atoms with Crippen LogP contribution >= 0.6 is 23.4 Å². The molecule has 26 heavy (non-hydrogen) atoms. The molecule has 2 aromatic rings. The molecule has 6 nitrogen and oxygen atoms in total. The summed E-state index contributed by atoms with van der Waals surface area (Å²) >= 11 is 7.20. The van der Waals surface area contributed by atoms with Gasteiger partial charge in [-0.05, 0) is 35.9 Å². The van der Waals surface area contributed by atoms with Crippen molar-refractivity contribution in [3.63, 3.8) is 0 Å². The van der Waals surface area contributed by atoms with E-state index >= 15 is 0 Å². The summed E-state index contributed by atoms with van der Waals surface area (Å²) in [5.74, 6) is -0.797. The normalized spacial score (nSPS) is 12.7. The predicted octanol–water partition coefficient (Wildman–Crippen LogP) is 2.86. The average Bonchev–Trinajstić information content (AvgIpc) is 2.65. The number of hydrogen-bond acceptors (Lipinski definition) is 5. The Hall–Kier alpha value is -2.51. The number of rotatable bonds is 5. The highest BCUT2D eigenvalue weighted by molar-refractivity contribution is 8.00. The van der Waals surface area contributed by atoms with Gasteiger partial charge in [-0.25, -0.2) is 4.79 Å². The van der Waals surface area contributed by atoms with Crippen LogP contribution in [-0.2, 0) is 20.9 Å². The third kappa shape index (κ3) is 4.77. The molecule has 0 fully saturated rings. The number of halogens is 1. The number of esters is 1. The molecule has 0 atom stereocenters. The van der Waals surface area contributed by atoms with Gasteiger partial charge in [0.1, 0.15) is 0 Å². The number of nitrogens with one attached hydrogen (secondary N) is 2. The Morgan fingerprint density at radius 2 is 1.96 bits per heavy atom. The van der Waals surface area contributed by atoms with Crippen molar-refractivity contribution in [1.29, 1.82) is 0 Å². The van der Waals surface area contributed by atoms with Gasteiger partial charge in [-0.3, -0.25) is 9.59 Å². The topological polar surface area (TPSA) is 84.5 Å². The molecule has 3 rings (SSSR count). The number of benzene rings is 2. The van der Waals surface area contributed by atoms with E-state index in [4.69, 9.17) is 16.3 Å². The first kappa shape index (κ1) is 18.3. The van der Waals surface area contributed by atoms with E-state index in [2.05, 4.69) is 10.6 Å². The highest BCUT2D eigenvalue weighted by Gasteiger charge is 2.18. The van der Waals surface area contributed by atoms with Crippen molar-refractivity contribution >= 4 is 46.8 Å². The molecular formula is C18H15ClN2O4S. The summed E-state index contributed by atoms with van der Waals surface area (Å²) in [7, 11) is 0. The van der Waals surface area contributed by atoms with Crippen LogP contribution in [0, 0.1) is 0 Å². The fourth-order valence-electron chi connectivity index (χ4n) is 2.28. The van der Waals surface area contributed by atoms with E-state index in [1.54, 1.807) is 42.5 Å². The summed E-state index contributed by atoms with van der Waals surface area (Å²) in [6.07, 6.45) is 0. The van der Waals surface area contributed by atoms with Crippen LogP contribution in [0.3, 0.4) is 0 Å². The molecule has 0 spiro atoms. The van der Waals surface area contributed by atoms with Gasteiger partial charge in [-0.1, -0.05) is 23.7 Å². The predicted molar refractivity (Wildman–Crippen MR) is 99.4 cm³/mol. The molecule has 0 radical (unpaired) electrons. The summed E-state index contributed by atoms with van der Waals surface area (Å²) in [5.41, 5.74) is 1.74. The van der Waals surface area contributed by atoms with E-state index in [0.717, 1.165) is 10.5 Å². The Morgan fingerprint density at radius 1 is 1.19 bits per heavy atom. The Bertz CT molecular complexity index is 855. The number of thioether (sulfide) groups is 1. The number of ether oxygens (including phenoxy) is 1. The molecule has 0 aromatic heterocycles. The maximum atomic E-state index is 12.1. The first-order valence-corrected chi connectivity index (χ1v) is 9.12. The molecule has 1 heterocycles. The van der Waals surface area contributed by atoms with E-state index in [1.807, 2.05) is 0 Å². The molecule has 2 N–H and O–H groups in total. The monoisotopic (exact) mass is 390 g/mol. The van der Waals surface area contributed by atoms with Crippen LogP contribution in [0.1, 0.15) is 15.9 Å². The lowest BCUT2D eigenvalue weighted by Crippen LogP contribution is -2.28. The number of amides is 2. The minimum Gasteiger partial charge on any atom is -0.452 e. The van der Waals surface area contributed by atoms with E-state index in [0.29, 0.717) is 23.0 Å². The van der Waals surface area contributed by atoms with Gasteiger partial charge >= 0.3 is 5.97 Å². The molecule has 1 aliphatic heterocycles. The van der Waals surface area contributed by atoms with Gasteiger partial charge in [-0.15, -0.1) is 11.8 Å². The Morgan fingerprint density at radius 3 is 2.73 bits per heavy atom. The first-order valence-electron chi connectivity index (χ1n) is 7.76. The van der Waals surface area contributed by atoms with Gasteiger partial charge in [-0.2, -0.15) is 0 Å². The maximum absolute atomic E-state index is 12.1. The zero-order valence-electron chi connectivity index (χ0n) is 13.6. The lowest BCUT2D eigenvalue weighted by molar-refractivity contribution is -0.124. The molecule has 0 aliphatic carbocycles. The fourth-order valence-corrected chi connectivity index (χ4v) is 3.19. The van der Waals surface area contributed by atoms with Crippen LogP contribution < -0.4 is 10.6 Å². The zero-order chi connectivity index (χ0) is 18.5. The second-order valence-corrected chi connectivity index (χ2v) is 6.98. The standard InChI is InChI=1S/C18H15ClN2O4S/c19-13-4-1-11(2-5-13)8-20-16(22)9-25-18(24)12-3-6-15-14(7-12)21-17(23)10-26-15/h1-7H,8-10H2,(H,20,22)(H,21,23). The Balaban J connectivity index is 1.50. The smallest absolute Gasteiger partial charge is 0.338 e. The second kappa shape index (κ2) is 8.25. The van der Waals surface area contributed by atoms with Crippen LogP contribution in [-0.4, -0.2) is 30.1 Å². The number of carbonyl (C=O) groups is 3. The molecule has 2 amide bonds. The van der Waals surface area contributed by atoms with Gasteiger partial charge in [0.05, 0.1) is 17.0 Å². The molecule has 0 bridgehead atoms. The Kier molecular flexibility index (Phi) is 5.80.